The van der Waals surface area contributed by atoms with Gasteiger partial charge in [0.05, 0.1) is 6.07 Å². The maximum absolute atomic E-state index is 12.3. The Morgan fingerprint density at radius 2 is 2.24 bits per heavy atom. The summed E-state index contributed by atoms with van der Waals surface area (Å²) in [4.78, 5) is 14.1. The van der Waals surface area contributed by atoms with E-state index in [9.17, 15) is 4.79 Å². The van der Waals surface area contributed by atoms with Crippen molar-refractivity contribution >= 4 is 27.5 Å². The van der Waals surface area contributed by atoms with Crippen LogP contribution in [-0.4, -0.2) is 12.5 Å². The smallest absolute Gasteiger partial charge is 0.247 e. The summed E-state index contributed by atoms with van der Waals surface area (Å²) in [7, 11) is 0. The van der Waals surface area contributed by atoms with Crippen LogP contribution in [0.2, 0.25) is 0 Å². The van der Waals surface area contributed by atoms with Gasteiger partial charge in [-0.25, -0.2) is 0 Å². The van der Waals surface area contributed by atoms with E-state index in [-0.39, 0.29) is 5.91 Å². The first-order valence-electron chi connectivity index (χ1n) is 5.68. The zero-order valence-corrected chi connectivity index (χ0v) is 10.8. The largest absolute Gasteiger partial charge is 0.310 e. The molecule has 1 aliphatic carbocycles. The summed E-state index contributed by atoms with van der Waals surface area (Å²) in [5.74, 6) is -0.0129. The number of fused-ring (bicyclic) bond motifs is 1. The second-order valence-electron chi connectivity index (χ2n) is 4.67. The number of nitriles is 1. The number of anilines is 1. The lowest BCUT2D eigenvalue weighted by atomic mass is 10.1. The fourth-order valence-electron chi connectivity index (χ4n) is 2.34. The molecule has 0 bridgehead atoms. The van der Waals surface area contributed by atoms with Crippen LogP contribution < -0.4 is 4.90 Å². The molecule has 1 aromatic carbocycles. The Morgan fingerprint density at radius 3 is 2.88 bits per heavy atom. The van der Waals surface area contributed by atoms with E-state index in [1.54, 1.807) is 4.90 Å². The molecule has 0 N–H and O–H groups in total. The summed E-state index contributed by atoms with van der Waals surface area (Å²) in [6, 6.07) is 8.12. The molecule has 0 aromatic heterocycles. The summed E-state index contributed by atoms with van der Waals surface area (Å²) in [6.07, 6.45) is 2.30. The van der Waals surface area contributed by atoms with E-state index >= 15 is 0 Å². The Labute approximate surface area is 108 Å². The highest BCUT2D eigenvalue weighted by atomic mass is 79.9. The lowest BCUT2D eigenvalue weighted by molar-refractivity contribution is -0.121. The van der Waals surface area contributed by atoms with E-state index in [0.29, 0.717) is 19.4 Å². The molecule has 2 aliphatic rings. The van der Waals surface area contributed by atoms with Gasteiger partial charge in [-0.1, -0.05) is 15.9 Å². The predicted octanol–water partition coefficient (Wildman–Crippen LogP) is 2.64. The Balaban J connectivity index is 1.95. The molecule has 0 radical (unpaired) electrons. The van der Waals surface area contributed by atoms with Gasteiger partial charge in [0, 0.05) is 16.7 Å². The van der Waals surface area contributed by atoms with Gasteiger partial charge in [0.25, 0.3) is 0 Å². The number of nitrogens with zero attached hydrogens (tertiary/aromatic N) is 2. The van der Waals surface area contributed by atoms with Gasteiger partial charge in [-0.3, -0.25) is 4.79 Å². The number of carbonyl (C=O) groups is 1. The van der Waals surface area contributed by atoms with E-state index in [0.717, 1.165) is 16.6 Å². The average Bonchev–Trinajstić information content (AvgIpc) is 3.03. The van der Waals surface area contributed by atoms with Crippen LogP contribution in [0, 0.1) is 16.7 Å². The van der Waals surface area contributed by atoms with Crippen molar-refractivity contribution in [1.29, 1.82) is 5.26 Å². The maximum atomic E-state index is 12.3. The van der Waals surface area contributed by atoms with Crippen molar-refractivity contribution in [3.05, 3.63) is 28.2 Å². The number of halogens is 1. The van der Waals surface area contributed by atoms with E-state index in [1.807, 2.05) is 12.1 Å². The second-order valence-corrected chi connectivity index (χ2v) is 5.59. The minimum absolute atomic E-state index is 0.0129. The molecular weight excluding hydrogens is 280 g/mol. The number of carbonyl (C=O) groups excluding carboxylic acids is 1. The molecule has 1 fully saturated rings. The number of hydrogen-bond donors (Lipinski definition) is 0. The molecule has 17 heavy (non-hydrogen) atoms. The van der Waals surface area contributed by atoms with Gasteiger partial charge < -0.3 is 4.90 Å². The normalized spacial score (nSPS) is 19.6. The standard InChI is InChI=1S/C13H11BrN2O/c14-10-1-2-11-9(7-10)3-6-16(11)12(17)13(8-15)4-5-13/h1-2,7H,3-6H2. The van der Waals surface area contributed by atoms with Gasteiger partial charge in [0.15, 0.2) is 0 Å². The van der Waals surface area contributed by atoms with Crippen LogP contribution in [0.3, 0.4) is 0 Å². The number of rotatable bonds is 1. The Hall–Kier alpha value is -1.34. The minimum atomic E-state index is -0.714. The molecule has 1 aromatic rings. The van der Waals surface area contributed by atoms with Gasteiger partial charge in [-0.15, -0.1) is 0 Å². The van der Waals surface area contributed by atoms with Crippen LogP contribution in [0.25, 0.3) is 0 Å². The second kappa shape index (κ2) is 3.58. The monoisotopic (exact) mass is 290 g/mol. The molecule has 86 valence electrons. The highest BCUT2D eigenvalue weighted by Crippen LogP contribution is 2.48. The zero-order chi connectivity index (χ0) is 12.0. The first-order valence-corrected chi connectivity index (χ1v) is 6.47. The highest BCUT2D eigenvalue weighted by Gasteiger charge is 2.53. The van der Waals surface area contributed by atoms with Crippen molar-refractivity contribution in [3.63, 3.8) is 0 Å². The van der Waals surface area contributed by atoms with E-state index in [4.69, 9.17) is 5.26 Å². The number of amides is 1. The molecular formula is C13H11BrN2O. The molecule has 0 atom stereocenters. The van der Waals surface area contributed by atoms with Crippen LogP contribution in [-0.2, 0) is 11.2 Å². The fraction of sp³-hybridized carbons (Fsp3) is 0.385. The average molecular weight is 291 g/mol. The molecule has 3 rings (SSSR count). The first kappa shape index (κ1) is 10.8. The molecule has 3 nitrogen and oxygen atoms in total. The number of hydrogen-bond acceptors (Lipinski definition) is 2. The van der Waals surface area contributed by atoms with Crippen LogP contribution in [0.15, 0.2) is 22.7 Å². The first-order chi connectivity index (χ1) is 8.16. The lowest BCUT2D eigenvalue weighted by Gasteiger charge is -2.19. The minimum Gasteiger partial charge on any atom is -0.310 e. The van der Waals surface area contributed by atoms with Crippen molar-refractivity contribution < 1.29 is 4.79 Å². The highest BCUT2D eigenvalue weighted by molar-refractivity contribution is 9.10. The lowest BCUT2D eigenvalue weighted by Crippen LogP contribution is -2.35. The van der Waals surface area contributed by atoms with E-state index in [1.165, 1.54) is 5.56 Å². The van der Waals surface area contributed by atoms with Gasteiger partial charge in [0.1, 0.15) is 5.41 Å². The quantitative estimate of drug-likeness (QED) is 0.798. The third-order valence-corrected chi connectivity index (χ3v) is 4.05. The summed E-state index contributed by atoms with van der Waals surface area (Å²) in [6.45, 7) is 0.702. The van der Waals surface area contributed by atoms with Crippen molar-refractivity contribution in [1.82, 2.24) is 0 Å². The summed E-state index contributed by atoms with van der Waals surface area (Å²) >= 11 is 3.43. The Kier molecular flexibility index (Phi) is 2.27. The summed E-state index contributed by atoms with van der Waals surface area (Å²) in [5.41, 5.74) is 1.44. The van der Waals surface area contributed by atoms with Gasteiger partial charge >= 0.3 is 0 Å². The molecule has 4 heteroatoms. The molecule has 0 spiro atoms. The zero-order valence-electron chi connectivity index (χ0n) is 9.24. The number of benzene rings is 1. The van der Waals surface area contributed by atoms with Gasteiger partial charge in [-0.2, -0.15) is 5.26 Å². The van der Waals surface area contributed by atoms with Gasteiger partial charge in [0.2, 0.25) is 5.91 Å². The van der Waals surface area contributed by atoms with Crippen LogP contribution in [0.4, 0.5) is 5.69 Å². The van der Waals surface area contributed by atoms with Crippen LogP contribution in [0.5, 0.6) is 0 Å². The predicted molar refractivity (Wildman–Crippen MR) is 67.5 cm³/mol. The van der Waals surface area contributed by atoms with Crippen LogP contribution in [0.1, 0.15) is 18.4 Å². The van der Waals surface area contributed by atoms with Crippen molar-refractivity contribution in [2.24, 2.45) is 5.41 Å². The summed E-state index contributed by atoms with van der Waals surface area (Å²) < 4.78 is 1.03. The SMILES string of the molecule is N#CC1(C(=O)N2CCc3cc(Br)ccc32)CC1. The Bertz CT molecular complexity index is 543. The van der Waals surface area contributed by atoms with E-state index < -0.39 is 5.41 Å². The molecule has 1 amide bonds. The molecule has 1 saturated carbocycles. The molecule has 0 saturated heterocycles. The Morgan fingerprint density at radius 1 is 1.47 bits per heavy atom. The van der Waals surface area contributed by atoms with E-state index in [2.05, 4.69) is 28.1 Å². The maximum Gasteiger partial charge on any atom is 0.247 e. The van der Waals surface area contributed by atoms with Gasteiger partial charge in [-0.05, 0) is 43.0 Å². The fourth-order valence-corrected chi connectivity index (χ4v) is 2.75. The van der Waals surface area contributed by atoms with Crippen molar-refractivity contribution in [2.45, 2.75) is 19.3 Å². The third kappa shape index (κ3) is 1.57. The topological polar surface area (TPSA) is 44.1 Å². The van der Waals surface area contributed by atoms with Crippen molar-refractivity contribution in [3.8, 4) is 6.07 Å². The van der Waals surface area contributed by atoms with Crippen LogP contribution >= 0.6 is 15.9 Å². The molecule has 1 aliphatic heterocycles. The summed E-state index contributed by atoms with van der Waals surface area (Å²) in [5, 5.41) is 9.07. The molecule has 1 heterocycles. The third-order valence-electron chi connectivity index (χ3n) is 3.56. The van der Waals surface area contributed by atoms with Crippen molar-refractivity contribution in [2.75, 3.05) is 11.4 Å². The molecule has 0 unspecified atom stereocenters.